The van der Waals surface area contributed by atoms with Gasteiger partial charge in [-0.05, 0) is 6.92 Å². The second-order valence-corrected chi connectivity index (χ2v) is 1.01. The van der Waals surface area contributed by atoms with E-state index in [9.17, 15) is 4.79 Å². The first-order chi connectivity index (χ1) is 2.64. The van der Waals surface area contributed by atoms with Crippen LogP contribution in [0.15, 0.2) is 0 Å². The molecule has 0 aliphatic carbocycles. The van der Waals surface area contributed by atoms with Crippen LogP contribution >= 0.6 is 0 Å². The summed E-state index contributed by atoms with van der Waals surface area (Å²) in [7, 11) is 0. The van der Waals surface area contributed by atoms with Gasteiger partial charge in [-0.15, -0.1) is 0 Å². The Labute approximate surface area is 53.5 Å². The maximum absolute atomic E-state index is 9.45. The molecule has 0 saturated carbocycles. The van der Waals surface area contributed by atoms with Crippen molar-refractivity contribution in [3.63, 3.8) is 0 Å². The number of carbonyl (C=O) groups is 1. The van der Waals surface area contributed by atoms with Gasteiger partial charge >= 0.3 is 5.97 Å². The Kier molecular flexibility index (Phi) is 6.05. The largest absolute Gasteiger partial charge is 0.479 e. The van der Waals surface area contributed by atoms with E-state index in [1.165, 1.54) is 6.92 Å². The van der Waals surface area contributed by atoms with Crippen LogP contribution in [0.3, 0.4) is 0 Å². The molecule has 1 atom stereocenters. The van der Waals surface area contributed by atoms with Crippen molar-refractivity contribution < 1.29 is 15.0 Å². The molecule has 0 aliphatic rings. The summed E-state index contributed by atoms with van der Waals surface area (Å²) in [5.74, 6) is -1.19. The minimum absolute atomic E-state index is 0. The maximum atomic E-state index is 9.45. The zero-order chi connectivity index (χ0) is 5.15. The molecule has 0 amide bonds. The molecule has 0 fully saturated rings. The molecular formula is C3H6LiO3. The molecule has 0 aromatic carbocycles. The normalized spacial score (nSPS) is 11.7. The number of carboxylic acids is 1. The molecule has 0 unspecified atom stereocenters. The fourth-order valence-corrected chi connectivity index (χ4v) is 0. The van der Waals surface area contributed by atoms with Crippen molar-refractivity contribution in [1.82, 2.24) is 0 Å². The summed E-state index contributed by atoms with van der Waals surface area (Å²) in [6, 6.07) is 0. The second kappa shape index (κ2) is 4.19. The third-order valence-electron chi connectivity index (χ3n) is 0.357. The SMILES string of the molecule is C[C@@H](O)C(=O)O.[Li]. The van der Waals surface area contributed by atoms with E-state index < -0.39 is 12.1 Å². The van der Waals surface area contributed by atoms with Gasteiger partial charge in [0.15, 0.2) is 0 Å². The van der Waals surface area contributed by atoms with Gasteiger partial charge in [0.05, 0.1) is 0 Å². The molecule has 0 rings (SSSR count). The molecule has 2 N–H and O–H groups in total. The summed E-state index contributed by atoms with van der Waals surface area (Å²) < 4.78 is 0. The van der Waals surface area contributed by atoms with Crippen molar-refractivity contribution in [2.75, 3.05) is 0 Å². The number of aliphatic hydroxyl groups is 1. The van der Waals surface area contributed by atoms with E-state index in [-0.39, 0.29) is 18.9 Å². The van der Waals surface area contributed by atoms with Gasteiger partial charge in [-0.2, -0.15) is 0 Å². The Morgan fingerprint density at radius 1 is 1.71 bits per heavy atom. The summed E-state index contributed by atoms with van der Waals surface area (Å²) in [5, 5.41) is 15.8. The summed E-state index contributed by atoms with van der Waals surface area (Å²) >= 11 is 0. The molecule has 0 bridgehead atoms. The Balaban J connectivity index is 0. The summed E-state index contributed by atoms with van der Waals surface area (Å²) in [6.45, 7) is 1.20. The van der Waals surface area contributed by atoms with E-state index in [2.05, 4.69) is 0 Å². The zero-order valence-electron chi connectivity index (χ0n) is 4.38. The Morgan fingerprint density at radius 2 is 1.86 bits per heavy atom. The molecule has 0 spiro atoms. The van der Waals surface area contributed by atoms with Gasteiger partial charge in [0.25, 0.3) is 0 Å². The fourth-order valence-electron chi connectivity index (χ4n) is 0. The molecule has 7 heavy (non-hydrogen) atoms. The van der Waals surface area contributed by atoms with Gasteiger partial charge in [0, 0.05) is 18.9 Å². The van der Waals surface area contributed by atoms with E-state index in [0.29, 0.717) is 0 Å². The summed E-state index contributed by atoms with van der Waals surface area (Å²) in [4.78, 5) is 9.45. The van der Waals surface area contributed by atoms with Crippen molar-refractivity contribution in [2.24, 2.45) is 0 Å². The van der Waals surface area contributed by atoms with Crippen LogP contribution < -0.4 is 0 Å². The predicted octanol–water partition coefficient (Wildman–Crippen LogP) is -0.929. The number of hydrogen-bond donors (Lipinski definition) is 2. The molecule has 37 valence electrons. The van der Waals surface area contributed by atoms with Gasteiger partial charge in [-0.3, -0.25) is 0 Å². The predicted molar refractivity (Wildman–Crippen MR) is 25.1 cm³/mol. The van der Waals surface area contributed by atoms with E-state index in [1.807, 2.05) is 0 Å². The molecule has 0 aliphatic heterocycles. The molecule has 4 heteroatoms. The molecule has 0 aromatic heterocycles. The van der Waals surface area contributed by atoms with Crippen LogP contribution in [-0.4, -0.2) is 41.1 Å². The Bertz CT molecular complexity index is 61.2. The summed E-state index contributed by atoms with van der Waals surface area (Å²) in [5.41, 5.74) is 0. The average molecular weight is 97.0 g/mol. The first kappa shape index (κ1) is 10.1. The monoisotopic (exact) mass is 97.0 g/mol. The molecule has 0 saturated heterocycles. The standard InChI is InChI=1S/C3H6O3.Li/c1-2(4)3(5)6;/h2,4H,1H3,(H,5,6);/t2-;/m1./s1. The van der Waals surface area contributed by atoms with Crippen LogP contribution in [0.2, 0.25) is 0 Å². The molecule has 0 heterocycles. The third kappa shape index (κ3) is 6.03. The van der Waals surface area contributed by atoms with Crippen molar-refractivity contribution >= 4 is 24.8 Å². The van der Waals surface area contributed by atoms with E-state index in [1.54, 1.807) is 0 Å². The van der Waals surface area contributed by atoms with Gasteiger partial charge in [0.2, 0.25) is 0 Å². The maximum Gasteiger partial charge on any atom is 0.332 e. The smallest absolute Gasteiger partial charge is 0.332 e. The van der Waals surface area contributed by atoms with Crippen LogP contribution in [0, 0.1) is 0 Å². The van der Waals surface area contributed by atoms with Crippen molar-refractivity contribution in [3.05, 3.63) is 0 Å². The third-order valence-corrected chi connectivity index (χ3v) is 0.357. The van der Waals surface area contributed by atoms with Crippen molar-refractivity contribution in [3.8, 4) is 0 Å². The van der Waals surface area contributed by atoms with Crippen molar-refractivity contribution in [2.45, 2.75) is 13.0 Å². The quantitative estimate of drug-likeness (QED) is 0.415. The van der Waals surface area contributed by atoms with Gasteiger partial charge in [0.1, 0.15) is 6.10 Å². The molecule has 1 radical (unpaired) electrons. The number of carboxylic acid groups (broad SMARTS) is 1. The van der Waals surface area contributed by atoms with Crippen LogP contribution in [0.1, 0.15) is 6.92 Å². The Morgan fingerprint density at radius 3 is 1.86 bits per heavy atom. The first-order valence-corrected chi connectivity index (χ1v) is 1.55. The summed E-state index contributed by atoms with van der Waals surface area (Å²) in [6.07, 6.45) is -1.23. The number of aliphatic hydroxyl groups excluding tert-OH is 1. The number of hydrogen-bond acceptors (Lipinski definition) is 2. The van der Waals surface area contributed by atoms with Crippen LogP contribution in [0.25, 0.3) is 0 Å². The van der Waals surface area contributed by atoms with Gasteiger partial charge < -0.3 is 10.2 Å². The Hall–Kier alpha value is 0.0274. The number of rotatable bonds is 1. The topological polar surface area (TPSA) is 57.5 Å². The minimum Gasteiger partial charge on any atom is -0.479 e. The molecule has 0 aromatic rings. The van der Waals surface area contributed by atoms with Gasteiger partial charge in [-0.25, -0.2) is 4.79 Å². The van der Waals surface area contributed by atoms with Gasteiger partial charge in [-0.1, -0.05) is 0 Å². The van der Waals surface area contributed by atoms with Crippen LogP contribution in [0.5, 0.6) is 0 Å². The van der Waals surface area contributed by atoms with Crippen LogP contribution in [0.4, 0.5) is 0 Å². The van der Waals surface area contributed by atoms with E-state index in [0.717, 1.165) is 0 Å². The molecular weight excluding hydrogens is 91.0 g/mol. The minimum atomic E-state index is -1.23. The number of aliphatic carboxylic acids is 1. The van der Waals surface area contributed by atoms with E-state index >= 15 is 0 Å². The molecule has 3 nitrogen and oxygen atoms in total. The zero-order valence-corrected chi connectivity index (χ0v) is 4.38. The average Bonchev–Trinajstić information content (AvgIpc) is 1.36. The van der Waals surface area contributed by atoms with E-state index in [4.69, 9.17) is 10.2 Å². The fraction of sp³-hybridized carbons (Fsp3) is 0.667. The van der Waals surface area contributed by atoms with Crippen molar-refractivity contribution in [1.29, 1.82) is 0 Å². The van der Waals surface area contributed by atoms with Crippen LogP contribution in [-0.2, 0) is 4.79 Å². The first-order valence-electron chi connectivity index (χ1n) is 1.55. The second-order valence-electron chi connectivity index (χ2n) is 1.01.